The zero-order chi connectivity index (χ0) is 28.1. The Hall–Kier alpha value is -3.32. The van der Waals surface area contributed by atoms with Crippen molar-refractivity contribution in [3.63, 3.8) is 0 Å². The van der Waals surface area contributed by atoms with Crippen molar-refractivity contribution in [2.75, 3.05) is 27.3 Å². The van der Waals surface area contributed by atoms with Crippen LogP contribution in [0.25, 0.3) is 0 Å². The summed E-state index contributed by atoms with van der Waals surface area (Å²) in [4.78, 5) is 24.7. The van der Waals surface area contributed by atoms with Crippen LogP contribution in [-0.4, -0.2) is 63.9 Å². The molecule has 0 spiro atoms. The third kappa shape index (κ3) is 6.95. The molecule has 1 fully saturated rings. The number of ether oxygens (including phenoxy) is 2. The molecule has 0 saturated carbocycles. The predicted molar refractivity (Wildman–Crippen MR) is 132 cm³/mol. The number of carbonyl (C=O) groups excluding carboxylic acids is 2. The number of methoxy groups -OCH3 is 2. The van der Waals surface area contributed by atoms with Gasteiger partial charge in [-0.2, -0.15) is 17.5 Å². The molecule has 2 aromatic carbocycles. The molecule has 1 heterocycles. The number of hydrogen-bond donors (Lipinski definition) is 2. The van der Waals surface area contributed by atoms with Gasteiger partial charge in [-0.15, -0.1) is 0 Å². The minimum absolute atomic E-state index is 0.0722. The minimum atomic E-state index is -4.56. The molecule has 13 heteroatoms. The van der Waals surface area contributed by atoms with E-state index >= 15 is 0 Å². The highest BCUT2D eigenvalue weighted by Gasteiger charge is 2.34. The summed E-state index contributed by atoms with van der Waals surface area (Å²) in [5.41, 5.74) is -0.281. The molecule has 2 N–H and O–H groups in total. The van der Waals surface area contributed by atoms with Gasteiger partial charge in [0, 0.05) is 38.0 Å². The molecule has 3 rings (SSSR count). The fourth-order valence-electron chi connectivity index (χ4n) is 4.30. The Kier molecular flexibility index (Phi) is 9.26. The van der Waals surface area contributed by atoms with Crippen molar-refractivity contribution in [3.8, 4) is 11.5 Å². The number of halogens is 3. The number of carbonyl (C=O) groups is 2. The first-order valence-electron chi connectivity index (χ1n) is 11.8. The van der Waals surface area contributed by atoms with Gasteiger partial charge in [-0.3, -0.25) is 9.59 Å². The van der Waals surface area contributed by atoms with Crippen LogP contribution in [0, 0.1) is 0 Å². The summed E-state index contributed by atoms with van der Waals surface area (Å²) in [6.07, 6.45) is -3.85. The standard InChI is InChI=1S/C25H30F3N3O6S/c1-16(32)29-21(15-17-5-4-6-22(36-2)23(17)37-3)24(33)30-19-11-13-31(14-12-19)38(34,35)20-9-7-18(8-10-20)25(26,27)28/h4-10,19,21H,11-15H2,1-3H3,(H,29,32)(H,30,33)/t21-/m0/s1. The normalized spacial score (nSPS) is 15.9. The van der Waals surface area contributed by atoms with Gasteiger partial charge in [0.25, 0.3) is 0 Å². The summed E-state index contributed by atoms with van der Waals surface area (Å²) < 4.78 is 76.1. The van der Waals surface area contributed by atoms with E-state index in [1.165, 1.54) is 25.4 Å². The second-order valence-electron chi connectivity index (χ2n) is 8.82. The van der Waals surface area contributed by atoms with Crippen LogP contribution in [0.4, 0.5) is 13.2 Å². The number of piperidine rings is 1. The molecule has 208 valence electrons. The third-order valence-corrected chi connectivity index (χ3v) is 8.14. The first-order chi connectivity index (χ1) is 17.9. The third-order valence-electron chi connectivity index (χ3n) is 6.22. The Balaban J connectivity index is 1.65. The SMILES string of the molecule is COc1cccc(C[C@H](NC(C)=O)C(=O)NC2CCN(S(=O)(=O)c3ccc(C(F)(F)F)cc3)CC2)c1OC. The lowest BCUT2D eigenvalue weighted by molar-refractivity contribution is -0.137. The van der Waals surface area contributed by atoms with Crippen LogP contribution in [0.2, 0.25) is 0 Å². The molecule has 1 aliphatic heterocycles. The lowest BCUT2D eigenvalue weighted by Gasteiger charge is -2.32. The Bertz CT molecular complexity index is 1240. The van der Waals surface area contributed by atoms with Crippen molar-refractivity contribution in [2.24, 2.45) is 0 Å². The van der Waals surface area contributed by atoms with Crippen LogP contribution < -0.4 is 20.1 Å². The molecular formula is C25H30F3N3O6S. The zero-order valence-corrected chi connectivity index (χ0v) is 22.0. The number of benzene rings is 2. The molecule has 0 radical (unpaired) electrons. The molecule has 1 aliphatic rings. The number of amides is 2. The number of para-hydroxylation sites is 1. The number of alkyl halides is 3. The lowest BCUT2D eigenvalue weighted by Crippen LogP contribution is -2.53. The Morgan fingerprint density at radius 3 is 2.21 bits per heavy atom. The minimum Gasteiger partial charge on any atom is -0.493 e. The second kappa shape index (κ2) is 12.0. The molecular weight excluding hydrogens is 527 g/mol. The lowest BCUT2D eigenvalue weighted by atomic mass is 10.0. The molecule has 1 atom stereocenters. The average Bonchev–Trinajstić information content (AvgIpc) is 2.87. The quantitative estimate of drug-likeness (QED) is 0.490. The van der Waals surface area contributed by atoms with Crippen LogP contribution in [-0.2, 0) is 32.2 Å². The van der Waals surface area contributed by atoms with E-state index in [4.69, 9.17) is 9.47 Å². The molecule has 1 saturated heterocycles. The Morgan fingerprint density at radius 2 is 1.68 bits per heavy atom. The number of hydrogen-bond acceptors (Lipinski definition) is 6. The number of rotatable bonds is 9. The van der Waals surface area contributed by atoms with Crippen LogP contribution in [0.15, 0.2) is 47.4 Å². The van der Waals surface area contributed by atoms with Crippen molar-refractivity contribution < 1.29 is 40.7 Å². The monoisotopic (exact) mass is 557 g/mol. The van der Waals surface area contributed by atoms with E-state index in [0.29, 0.717) is 29.9 Å². The predicted octanol–water partition coefficient (Wildman–Crippen LogP) is 2.74. The van der Waals surface area contributed by atoms with E-state index in [1.807, 2.05) is 0 Å². The summed E-state index contributed by atoms with van der Waals surface area (Å²) in [5, 5.41) is 5.52. The molecule has 0 bridgehead atoms. The van der Waals surface area contributed by atoms with Gasteiger partial charge >= 0.3 is 6.18 Å². The van der Waals surface area contributed by atoms with Crippen molar-refractivity contribution in [3.05, 3.63) is 53.6 Å². The second-order valence-corrected chi connectivity index (χ2v) is 10.8. The van der Waals surface area contributed by atoms with E-state index in [2.05, 4.69) is 10.6 Å². The van der Waals surface area contributed by atoms with Gasteiger partial charge in [0.2, 0.25) is 21.8 Å². The molecule has 38 heavy (non-hydrogen) atoms. The molecule has 2 amide bonds. The summed E-state index contributed by atoms with van der Waals surface area (Å²) in [6.45, 7) is 1.44. The highest BCUT2D eigenvalue weighted by molar-refractivity contribution is 7.89. The molecule has 0 aliphatic carbocycles. The summed E-state index contributed by atoms with van der Waals surface area (Å²) in [6, 6.07) is 7.29. The van der Waals surface area contributed by atoms with E-state index in [1.54, 1.807) is 18.2 Å². The van der Waals surface area contributed by atoms with Gasteiger partial charge < -0.3 is 20.1 Å². The zero-order valence-electron chi connectivity index (χ0n) is 21.2. The van der Waals surface area contributed by atoms with Crippen molar-refractivity contribution in [1.82, 2.24) is 14.9 Å². The van der Waals surface area contributed by atoms with Gasteiger partial charge in [0.1, 0.15) is 6.04 Å². The first-order valence-corrected chi connectivity index (χ1v) is 13.3. The maximum Gasteiger partial charge on any atom is 0.416 e. The highest BCUT2D eigenvalue weighted by Crippen LogP contribution is 2.32. The van der Waals surface area contributed by atoms with E-state index in [-0.39, 0.29) is 30.4 Å². The van der Waals surface area contributed by atoms with Gasteiger partial charge in [-0.1, -0.05) is 12.1 Å². The van der Waals surface area contributed by atoms with Crippen molar-refractivity contribution in [2.45, 2.75) is 49.3 Å². The number of nitrogens with one attached hydrogen (secondary N) is 2. The molecule has 9 nitrogen and oxygen atoms in total. The van der Waals surface area contributed by atoms with Crippen LogP contribution >= 0.6 is 0 Å². The van der Waals surface area contributed by atoms with E-state index in [9.17, 15) is 31.2 Å². The Morgan fingerprint density at radius 1 is 1.05 bits per heavy atom. The molecule has 0 unspecified atom stereocenters. The van der Waals surface area contributed by atoms with Crippen molar-refractivity contribution in [1.29, 1.82) is 0 Å². The molecule has 2 aromatic rings. The molecule has 0 aromatic heterocycles. The fourth-order valence-corrected chi connectivity index (χ4v) is 5.77. The van der Waals surface area contributed by atoms with Gasteiger partial charge in [0.15, 0.2) is 11.5 Å². The van der Waals surface area contributed by atoms with Gasteiger partial charge in [-0.05, 0) is 43.2 Å². The largest absolute Gasteiger partial charge is 0.493 e. The number of sulfonamides is 1. The fraction of sp³-hybridized carbons (Fsp3) is 0.440. The maximum atomic E-state index is 13.1. The summed E-state index contributed by atoms with van der Waals surface area (Å²) >= 11 is 0. The highest BCUT2D eigenvalue weighted by atomic mass is 32.2. The van der Waals surface area contributed by atoms with E-state index in [0.717, 1.165) is 24.3 Å². The van der Waals surface area contributed by atoms with Crippen molar-refractivity contribution >= 4 is 21.8 Å². The van der Waals surface area contributed by atoms with Gasteiger partial charge in [-0.25, -0.2) is 8.42 Å². The maximum absolute atomic E-state index is 13.1. The van der Waals surface area contributed by atoms with Crippen LogP contribution in [0.5, 0.6) is 11.5 Å². The topological polar surface area (TPSA) is 114 Å². The van der Waals surface area contributed by atoms with Crippen LogP contribution in [0.3, 0.4) is 0 Å². The van der Waals surface area contributed by atoms with Crippen LogP contribution in [0.1, 0.15) is 30.9 Å². The number of nitrogens with zero attached hydrogens (tertiary/aromatic N) is 1. The Labute approximate surface area is 219 Å². The van der Waals surface area contributed by atoms with Gasteiger partial charge in [0.05, 0.1) is 24.7 Å². The van der Waals surface area contributed by atoms with E-state index < -0.39 is 39.6 Å². The average molecular weight is 558 g/mol. The summed E-state index contributed by atoms with van der Waals surface area (Å²) in [5.74, 6) is 0.0899. The summed E-state index contributed by atoms with van der Waals surface area (Å²) in [7, 11) is -1.03. The first kappa shape index (κ1) is 29.2. The smallest absolute Gasteiger partial charge is 0.416 e.